The minimum atomic E-state index is 0.0958. The van der Waals surface area contributed by atoms with Gasteiger partial charge in [-0.2, -0.15) is 0 Å². The molecule has 12 rings (SSSR count). The number of furan rings is 1. The molecule has 4 aromatic heterocycles. The second kappa shape index (κ2) is 15.2. The van der Waals surface area contributed by atoms with E-state index in [0.29, 0.717) is 94.6 Å². The van der Waals surface area contributed by atoms with Gasteiger partial charge in [-0.1, -0.05) is 130 Å². The van der Waals surface area contributed by atoms with Crippen molar-refractivity contribution in [1.29, 1.82) is 0 Å². The fourth-order valence-electron chi connectivity index (χ4n) is 9.72. The number of benzene rings is 8. The third kappa shape index (κ3) is 5.81. The molecular formula is C51H21B10N5O. The molecule has 0 unspecified atom stereocenters. The van der Waals surface area contributed by atoms with E-state index in [1.165, 1.54) is 0 Å². The predicted octanol–water partition coefficient (Wildman–Crippen LogP) is 0.904. The van der Waals surface area contributed by atoms with Crippen molar-refractivity contribution in [3.8, 4) is 45.5 Å². The highest BCUT2D eigenvalue weighted by Gasteiger charge is 2.30. The zero-order valence-corrected chi connectivity index (χ0v) is 35.5. The van der Waals surface area contributed by atoms with E-state index in [9.17, 15) is 0 Å². The maximum Gasteiger partial charge on any atom is 0.167 e. The molecule has 0 amide bonds. The molecule has 0 aliphatic carbocycles. The molecule has 0 N–H and O–H groups in total. The minimum Gasteiger partial charge on any atom is -0.455 e. The molecule has 286 valence electrons. The van der Waals surface area contributed by atoms with Crippen molar-refractivity contribution in [2.45, 2.75) is 0 Å². The van der Waals surface area contributed by atoms with Gasteiger partial charge in [0, 0.05) is 44.0 Å². The molecule has 0 saturated heterocycles. The van der Waals surface area contributed by atoms with Gasteiger partial charge in [-0.05, 0) is 41.1 Å². The number of hydrogen-bond donors (Lipinski definition) is 0. The van der Waals surface area contributed by atoms with E-state index in [4.69, 9.17) is 97.8 Å². The van der Waals surface area contributed by atoms with E-state index < -0.39 is 0 Å². The first-order valence-corrected chi connectivity index (χ1v) is 21.2. The lowest BCUT2D eigenvalue weighted by atomic mass is 9.64. The van der Waals surface area contributed by atoms with E-state index in [1.807, 2.05) is 137 Å². The van der Waals surface area contributed by atoms with Crippen molar-refractivity contribution in [2.24, 2.45) is 0 Å². The van der Waals surface area contributed by atoms with Crippen molar-refractivity contribution < 1.29 is 4.42 Å². The highest BCUT2D eigenvalue weighted by Crippen LogP contribution is 2.43. The van der Waals surface area contributed by atoms with E-state index in [2.05, 4.69) is 0 Å². The zero-order chi connectivity index (χ0) is 46.2. The van der Waals surface area contributed by atoms with Crippen LogP contribution >= 0.6 is 0 Å². The van der Waals surface area contributed by atoms with Crippen molar-refractivity contribution >= 4 is 199 Å². The molecule has 6 nitrogen and oxygen atoms in total. The summed E-state index contributed by atoms with van der Waals surface area (Å²) in [6, 6.07) is 40.8. The molecule has 0 saturated carbocycles. The number of hydrogen-bond acceptors (Lipinski definition) is 4. The van der Waals surface area contributed by atoms with E-state index in [1.54, 1.807) is 0 Å². The Morgan fingerprint density at radius 3 is 1.33 bits per heavy atom. The molecule has 16 heteroatoms. The minimum absolute atomic E-state index is 0.0958. The largest absolute Gasteiger partial charge is 0.455 e. The Balaban J connectivity index is 1.27. The highest BCUT2D eigenvalue weighted by atomic mass is 16.3. The quantitative estimate of drug-likeness (QED) is 0.243. The lowest BCUT2D eigenvalue weighted by Gasteiger charge is -2.18. The van der Waals surface area contributed by atoms with Crippen LogP contribution in [0.2, 0.25) is 0 Å². The summed E-state index contributed by atoms with van der Waals surface area (Å²) in [6.45, 7) is 0. The summed E-state index contributed by atoms with van der Waals surface area (Å²) in [5.41, 5.74) is 8.22. The Morgan fingerprint density at radius 1 is 0.343 bits per heavy atom. The maximum atomic E-state index is 7.24. The van der Waals surface area contributed by atoms with Crippen LogP contribution in [0, 0.1) is 0 Å². The Bertz CT molecular complexity index is 4040. The van der Waals surface area contributed by atoms with Gasteiger partial charge in [-0.3, -0.25) is 0 Å². The SMILES string of the molecule is [B]c1c([B])c([B])c2c(c1[B])c1c([B])c([B])c3c4c([B])c([B])c([B])c([B])c4n(-c4cccc5oc6c(-c7nc(-c8ccccc8)nc(-c8ccccc8)n7)cccc6c45)c3c1n2-c1ccccc1. The standard InChI is InChI=1S/C51H21B10N5O/c52-34-32-30-36(54)38(56)40(58)42(60)44(30)65(24-16-8-3-9-17-24)46(32)47-33(35(34)53)31-37(55)39(57)41(59)43(61)45(31)66(47)27-20-11-21-28-29(27)25-18-10-19-26(48(25)67-28)51-63-49(22-12-4-1-5-13-22)62-50(64-51)23-14-6-2-7-15-23/h1-21H. The Hall–Kier alpha value is -7.18. The van der Waals surface area contributed by atoms with Gasteiger partial charge < -0.3 is 13.6 Å². The summed E-state index contributed by atoms with van der Waals surface area (Å²) < 4.78 is 10.8. The smallest absolute Gasteiger partial charge is 0.167 e. The fourth-order valence-corrected chi connectivity index (χ4v) is 9.72. The molecule has 4 heterocycles. The van der Waals surface area contributed by atoms with Gasteiger partial charge >= 0.3 is 0 Å². The fraction of sp³-hybridized carbons (Fsp3) is 0. The second-order valence-electron chi connectivity index (χ2n) is 16.5. The average Bonchev–Trinajstić information content (AvgIpc) is 4.05. The van der Waals surface area contributed by atoms with Crippen LogP contribution in [0.4, 0.5) is 0 Å². The number of aromatic nitrogens is 5. The molecular weight excluding hydrogens is 807 g/mol. The first-order chi connectivity index (χ1) is 32.5. The maximum absolute atomic E-state index is 7.24. The normalized spacial score (nSPS) is 11.9. The number of fused-ring (bicyclic) bond motifs is 10. The Kier molecular flexibility index (Phi) is 9.35. The van der Waals surface area contributed by atoms with Crippen LogP contribution in [0.5, 0.6) is 0 Å². The topological polar surface area (TPSA) is 61.7 Å². The molecule has 12 aromatic rings. The van der Waals surface area contributed by atoms with Crippen LogP contribution in [0.3, 0.4) is 0 Å². The van der Waals surface area contributed by atoms with Gasteiger partial charge in [-0.15, -0.1) is 21.9 Å². The first kappa shape index (κ1) is 41.3. The zero-order valence-electron chi connectivity index (χ0n) is 35.5. The summed E-state index contributed by atoms with van der Waals surface area (Å²) >= 11 is 0. The lowest BCUT2D eigenvalue weighted by molar-refractivity contribution is 0.669. The summed E-state index contributed by atoms with van der Waals surface area (Å²) in [6.07, 6.45) is 0. The van der Waals surface area contributed by atoms with E-state index in [0.717, 1.165) is 16.5 Å². The number of nitrogens with zero attached hydrogens (tertiary/aromatic N) is 5. The molecule has 0 fully saturated rings. The van der Waals surface area contributed by atoms with Gasteiger partial charge in [0.2, 0.25) is 0 Å². The van der Waals surface area contributed by atoms with Gasteiger partial charge in [0.1, 0.15) is 89.6 Å². The Labute approximate surface area is 398 Å². The van der Waals surface area contributed by atoms with Gasteiger partial charge in [0.25, 0.3) is 0 Å². The second-order valence-corrected chi connectivity index (χ2v) is 16.5. The predicted molar refractivity (Wildman–Crippen MR) is 286 cm³/mol. The molecule has 8 aromatic carbocycles. The third-order valence-electron chi connectivity index (χ3n) is 12.9. The van der Waals surface area contributed by atoms with Crippen molar-refractivity contribution in [2.75, 3.05) is 0 Å². The molecule has 0 aliphatic heterocycles. The van der Waals surface area contributed by atoms with E-state index in [-0.39, 0.29) is 54.6 Å². The summed E-state index contributed by atoms with van der Waals surface area (Å²) in [5, 5.41) is 3.30. The van der Waals surface area contributed by atoms with Crippen molar-refractivity contribution in [3.63, 3.8) is 0 Å². The van der Waals surface area contributed by atoms with Crippen molar-refractivity contribution in [3.05, 3.63) is 127 Å². The lowest BCUT2D eigenvalue weighted by Crippen LogP contribution is -2.48. The van der Waals surface area contributed by atoms with Crippen LogP contribution in [-0.2, 0) is 0 Å². The molecule has 0 aliphatic rings. The van der Waals surface area contributed by atoms with Gasteiger partial charge in [0.15, 0.2) is 17.5 Å². The summed E-state index contributed by atoms with van der Waals surface area (Å²) in [4.78, 5) is 15.0. The summed E-state index contributed by atoms with van der Waals surface area (Å²) in [5.74, 6) is 1.43. The van der Waals surface area contributed by atoms with E-state index >= 15 is 0 Å². The van der Waals surface area contributed by atoms with Gasteiger partial charge in [-0.25, -0.2) is 15.0 Å². The Morgan fingerprint density at radius 2 is 0.776 bits per heavy atom. The molecule has 20 radical (unpaired) electrons. The molecule has 0 bridgehead atoms. The van der Waals surface area contributed by atoms with Crippen LogP contribution < -0.4 is 54.6 Å². The average molecular weight is 828 g/mol. The van der Waals surface area contributed by atoms with Gasteiger partial charge in [0.05, 0.1) is 27.7 Å². The number of rotatable bonds is 5. The number of para-hydroxylation sites is 2. The van der Waals surface area contributed by atoms with Crippen LogP contribution in [0.15, 0.2) is 132 Å². The molecule has 0 spiro atoms. The monoisotopic (exact) mass is 829 g/mol. The first-order valence-electron chi connectivity index (χ1n) is 21.2. The molecule has 67 heavy (non-hydrogen) atoms. The summed E-state index contributed by atoms with van der Waals surface area (Å²) in [7, 11) is 69.0. The van der Waals surface area contributed by atoms with Crippen molar-refractivity contribution in [1.82, 2.24) is 24.1 Å². The highest BCUT2D eigenvalue weighted by molar-refractivity contribution is 6.71. The van der Waals surface area contributed by atoms with Crippen LogP contribution in [0.25, 0.3) is 111 Å². The van der Waals surface area contributed by atoms with Crippen LogP contribution in [-0.4, -0.2) is 103 Å². The molecule has 0 atom stereocenters. The van der Waals surface area contributed by atoms with Crippen LogP contribution in [0.1, 0.15) is 0 Å². The third-order valence-corrected chi connectivity index (χ3v) is 12.9.